The second-order valence-corrected chi connectivity index (χ2v) is 5.30. The van der Waals surface area contributed by atoms with Crippen molar-refractivity contribution in [3.63, 3.8) is 0 Å². The van der Waals surface area contributed by atoms with Crippen molar-refractivity contribution in [1.29, 1.82) is 0 Å². The molecule has 0 amide bonds. The van der Waals surface area contributed by atoms with Crippen molar-refractivity contribution in [1.82, 2.24) is 0 Å². The molecule has 2 aliphatic heterocycles. The van der Waals surface area contributed by atoms with Gasteiger partial charge < -0.3 is 14.6 Å². The van der Waals surface area contributed by atoms with E-state index in [9.17, 15) is 9.90 Å². The van der Waals surface area contributed by atoms with Gasteiger partial charge in [0.15, 0.2) is 5.79 Å². The SMILES string of the molecule is CC1(C)OCC(C(O)C2C=CC(=O)S2)O1. The molecule has 5 heteroatoms. The van der Waals surface area contributed by atoms with E-state index in [1.807, 2.05) is 13.8 Å². The van der Waals surface area contributed by atoms with E-state index in [4.69, 9.17) is 9.47 Å². The van der Waals surface area contributed by atoms with Crippen LogP contribution in [0.2, 0.25) is 0 Å². The Balaban J connectivity index is 1.95. The van der Waals surface area contributed by atoms with Crippen LogP contribution in [0.4, 0.5) is 0 Å². The highest BCUT2D eigenvalue weighted by Crippen LogP contribution is 2.31. The summed E-state index contributed by atoms with van der Waals surface area (Å²) in [6, 6.07) is 0. The van der Waals surface area contributed by atoms with Crippen LogP contribution in [-0.4, -0.2) is 40.1 Å². The van der Waals surface area contributed by atoms with Crippen molar-refractivity contribution >= 4 is 16.9 Å². The zero-order valence-electron chi connectivity index (χ0n) is 8.67. The van der Waals surface area contributed by atoms with Crippen LogP contribution < -0.4 is 0 Å². The standard InChI is InChI=1S/C10H14O4S/c1-10(2)13-5-6(14-10)9(12)7-3-4-8(11)15-7/h3-4,6-7,9,12H,5H2,1-2H3. The van der Waals surface area contributed by atoms with Gasteiger partial charge in [0, 0.05) is 0 Å². The monoisotopic (exact) mass is 230 g/mol. The first-order valence-electron chi connectivity index (χ1n) is 4.87. The fraction of sp³-hybridized carbons (Fsp3) is 0.700. The molecular formula is C10H14O4S. The van der Waals surface area contributed by atoms with Gasteiger partial charge in [0.1, 0.15) is 6.10 Å². The van der Waals surface area contributed by atoms with Gasteiger partial charge in [0.05, 0.1) is 18.0 Å². The molecule has 2 heterocycles. The van der Waals surface area contributed by atoms with Gasteiger partial charge in [0.25, 0.3) is 0 Å². The molecule has 0 aromatic rings. The van der Waals surface area contributed by atoms with Crippen LogP contribution in [0.25, 0.3) is 0 Å². The van der Waals surface area contributed by atoms with Gasteiger partial charge >= 0.3 is 0 Å². The number of carbonyl (C=O) groups excluding carboxylic acids is 1. The zero-order chi connectivity index (χ0) is 11.1. The van der Waals surface area contributed by atoms with Crippen molar-refractivity contribution in [3.8, 4) is 0 Å². The highest BCUT2D eigenvalue weighted by molar-refractivity contribution is 8.15. The molecule has 3 atom stereocenters. The summed E-state index contributed by atoms with van der Waals surface area (Å²) >= 11 is 1.13. The van der Waals surface area contributed by atoms with Crippen molar-refractivity contribution in [3.05, 3.63) is 12.2 Å². The van der Waals surface area contributed by atoms with Crippen molar-refractivity contribution in [2.75, 3.05) is 6.61 Å². The lowest BCUT2D eigenvalue weighted by Gasteiger charge is -2.22. The second-order valence-electron chi connectivity index (χ2n) is 4.12. The minimum atomic E-state index is -0.695. The van der Waals surface area contributed by atoms with E-state index in [0.717, 1.165) is 11.8 Å². The summed E-state index contributed by atoms with van der Waals surface area (Å²) in [4.78, 5) is 11.0. The van der Waals surface area contributed by atoms with Crippen LogP contribution in [0, 0.1) is 0 Å². The second kappa shape index (κ2) is 3.90. The smallest absolute Gasteiger partial charge is 0.212 e. The maximum absolute atomic E-state index is 11.0. The van der Waals surface area contributed by atoms with Gasteiger partial charge in [-0.15, -0.1) is 0 Å². The summed E-state index contributed by atoms with van der Waals surface area (Å²) in [6.07, 6.45) is 2.15. The van der Waals surface area contributed by atoms with Gasteiger partial charge in [-0.2, -0.15) is 0 Å². The Hall–Kier alpha value is -0.360. The number of hydrogen-bond donors (Lipinski definition) is 1. The van der Waals surface area contributed by atoms with Crippen LogP contribution in [-0.2, 0) is 14.3 Å². The highest BCUT2D eigenvalue weighted by atomic mass is 32.2. The predicted octanol–water partition coefficient (Wildman–Crippen LogP) is 0.697. The molecule has 1 fully saturated rings. The highest BCUT2D eigenvalue weighted by Gasteiger charge is 2.40. The number of aliphatic hydroxyl groups excluding tert-OH is 1. The Morgan fingerprint density at radius 1 is 1.67 bits per heavy atom. The van der Waals surface area contributed by atoms with E-state index in [2.05, 4.69) is 0 Å². The normalized spacial score (nSPS) is 36.1. The van der Waals surface area contributed by atoms with Gasteiger partial charge in [-0.3, -0.25) is 4.79 Å². The van der Waals surface area contributed by atoms with Gasteiger partial charge in [0.2, 0.25) is 5.12 Å². The number of ether oxygens (including phenoxy) is 2. The maximum Gasteiger partial charge on any atom is 0.212 e. The van der Waals surface area contributed by atoms with E-state index < -0.39 is 11.9 Å². The van der Waals surface area contributed by atoms with Crippen molar-refractivity contribution < 1.29 is 19.4 Å². The zero-order valence-corrected chi connectivity index (χ0v) is 9.49. The number of thioether (sulfide) groups is 1. The number of carbonyl (C=O) groups is 1. The molecule has 1 saturated heterocycles. The first kappa shape index (κ1) is 11.1. The number of rotatable bonds is 2. The molecule has 1 N–H and O–H groups in total. The molecule has 0 aromatic heterocycles. The molecule has 3 unspecified atom stereocenters. The molecule has 84 valence electrons. The summed E-state index contributed by atoms with van der Waals surface area (Å²) in [6.45, 7) is 3.98. The van der Waals surface area contributed by atoms with Gasteiger partial charge in [-0.05, 0) is 19.9 Å². The Kier molecular flexibility index (Phi) is 2.89. The molecule has 0 radical (unpaired) electrons. The molecule has 15 heavy (non-hydrogen) atoms. The summed E-state index contributed by atoms with van der Waals surface area (Å²) in [5.41, 5.74) is 0. The molecule has 4 nitrogen and oxygen atoms in total. The summed E-state index contributed by atoms with van der Waals surface area (Å²) < 4.78 is 10.9. The first-order valence-corrected chi connectivity index (χ1v) is 5.74. The Morgan fingerprint density at radius 3 is 2.87 bits per heavy atom. The third-order valence-corrected chi connectivity index (χ3v) is 3.50. The largest absolute Gasteiger partial charge is 0.389 e. The molecule has 2 aliphatic rings. The summed E-state index contributed by atoms with van der Waals surface area (Å²) in [5.74, 6) is -0.636. The van der Waals surface area contributed by atoms with E-state index in [1.165, 1.54) is 6.08 Å². The quantitative estimate of drug-likeness (QED) is 0.756. The Labute approximate surface area is 92.6 Å². The predicted molar refractivity (Wildman–Crippen MR) is 56.4 cm³/mol. The van der Waals surface area contributed by atoms with E-state index >= 15 is 0 Å². The molecule has 0 bridgehead atoms. The topological polar surface area (TPSA) is 55.8 Å². The van der Waals surface area contributed by atoms with E-state index in [0.29, 0.717) is 6.61 Å². The van der Waals surface area contributed by atoms with E-state index in [-0.39, 0.29) is 16.5 Å². The van der Waals surface area contributed by atoms with Crippen molar-refractivity contribution in [2.24, 2.45) is 0 Å². The average molecular weight is 230 g/mol. The molecule has 0 aliphatic carbocycles. The van der Waals surface area contributed by atoms with Gasteiger partial charge in [-0.1, -0.05) is 17.8 Å². The Morgan fingerprint density at radius 2 is 2.40 bits per heavy atom. The lowest BCUT2D eigenvalue weighted by Crippen LogP contribution is -2.37. The number of aliphatic hydroxyl groups is 1. The fourth-order valence-corrected chi connectivity index (χ4v) is 2.56. The molecule has 0 spiro atoms. The number of hydrogen-bond acceptors (Lipinski definition) is 5. The molecule has 0 aromatic carbocycles. The minimum Gasteiger partial charge on any atom is -0.389 e. The van der Waals surface area contributed by atoms with Crippen LogP contribution >= 0.6 is 11.8 Å². The third kappa shape index (κ3) is 2.42. The first-order chi connectivity index (χ1) is 6.98. The maximum atomic E-state index is 11.0. The summed E-state index contributed by atoms with van der Waals surface area (Å²) in [5, 5.41) is 9.74. The molecule has 2 rings (SSSR count). The molecular weight excluding hydrogens is 216 g/mol. The van der Waals surface area contributed by atoms with Gasteiger partial charge in [-0.25, -0.2) is 0 Å². The third-order valence-electron chi connectivity index (χ3n) is 2.42. The minimum absolute atomic E-state index is 0.0165. The van der Waals surface area contributed by atoms with Crippen LogP contribution in [0.3, 0.4) is 0 Å². The average Bonchev–Trinajstić information content (AvgIpc) is 2.71. The summed E-state index contributed by atoms with van der Waals surface area (Å²) in [7, 11) is 0. The lowest BCUT2D eigenvalue weighted by molar-refractivity contribution is -0.150. The van der Waals surface area contributed by atoms with Crippen LogP contribution in [0.1, 0.15) is 13.8 Å². The van der Waals surface area contributed by atoms with Crippen LogP contribution in [0.15, 0.2) is 12.2 Å². The Bertz CT molecular complexity index is 300. The lowest BCUT2D eigenvalue weighted by atomic mass is 10.1. The van der Waals surface area contributed by atoms with Crippen molar-refractivity contribution in [2.45, 2.75) is 37.1 Å². The fourth-order valence-electron chi connectivity index (χ4n) is 1.66. The van der Waals surface area contributed by atoms with Crippen LogP contribution in [0.5, 0.6) is 0 Å². The molecule has 0 saturated carbocycles. The van der Waals surface area contributed by atoms with E-state index in [1.54, 1.807) is 6.08 Å².